The molecule has 1 heterocycles. The zero-order valence-electron chi connectivity index (χ0n) is 10.9. The molecule has 0 bridgehead atoms. The first kappa shape index (κ1) is 11.1. The van der Waals surface area contributed by atoms with Crippen molar-refractivity contribution in [3.05, 3.63) is 71.3 Å². The summed E-state index contributed by atoms with van der Waals surface area (Å²) < 4.78 is 5.56. The fourth-order valence-corrected chi connectivity index (χ4v) is 3.18. The first-order valence-corrected chi connectivity index (χ1v) is 7.05. The molecular weight excluding hydrogens is 232 g/mol. The summed E-state index contributed by atoms with van der Waals surface area (Å²) in [6.45, 7) is 3.15. The van der Waals surface area contributed by atoms with Crippen molar-refractivity contribution in [2.75, 3.05) is 0 Å². The lowest BCUT2D eigenvalue weighted by atomic mass is 9.86. The van der Waals surface area contributed by atoms with Crippen molar-refractivity contribution in [1.82, 2.24) is 0 Å². The number of fused-ring (bicyclic) bond motifs is 2. The Hall–Kier alpha value is -1.76. The molecule has 1 aliphatic carbocycles. The van der Waals surface area contributed by atoms with Crippen LogP contribution in [-0.2, 0) is 12.8 Å². The SMILES string of the molecule is [C]1Oc2ccccc2C1c1ccc2c(c1)CCCC2. The van der Waals surface area contributed by atoms with Gasteiger partial charge in [-0.1, -0.05) is 36.4 Å². The van der Waals surface area contributed by atoms with E-state index in [9.17, 15) is 0 Å². The van der Waals surface area contributed by atoms with Gasteiger partial charge in [-0.05, 0) is 48.4 Å². The molecule has 2 aliphatic rings. The minimum Gasteiger partial charge on any atom is -0.477 e. The average molecular weight is 248 g/mol. The maximum Gasteiger partial charge on any atom is 0.209 e. The molecule has 0 N–H and O–H groups in total. The molecule has 1 nitrogen and oxygen atoms in total. The highest BCUT2D eigenvalue weighted by atomic mass is 16.5. The summed E-state index contributed by atoms with van der Waals surface area (Å²) in [7, 11) is 0. The molecule has 0 fully saturated rings. The van der Waals surface area contributed by atoms with Crippen LogP contribution in [0.3, 0.4) is 0 Å². The fraction of sp³-hybridized carbons (Fsp3) is 0.278. The Morgan fingerprint density at radius 2 is 1.79 bits per heavy atom. The third-order valence-electron chi connectivity index (χ3n) is 4.22. The molecule has 1 aliphatic heterocycles. The minimum absolute atomic E-state index is 0.170. The van der Waals surface area contributed by atoms with Gasteiger partial charge in [-0.15, -0.1) is 0 Å². The molecule has 2 aromatic rings. The van der Waals surface area contributed by atoms with Crippen LogP contribution in [0.2, 0.25) is 0 Å². The van der Waals surface area contributed by atoms with Gasteiger partial charge in [-0.25, -0.2) is 0 Å². The minimum atomic E-state index is 0.170. The van der Waals surface area contributed by atoms with E-state index in [4.69, 9.17) is 4.74 Å². The van der Waals surface area contributed by atoms with E-state index in [0.717, 1.165) is 5.75 Å². The second kappa shape index (κ2) is 4.41. The summed E-state index contributed by atoms with van der Waals surface area (Å²) in [6.07, 6.45) is 5.11. The second-order valence-electron chi connectivity index (χ2n) is 5.43. The summed E-state index contributed by atoms with van der Waals surface area (Å²) in [5.41, 5.74) is 5.60. The summed E-state index contributed by atoms with van der Waals surface area (Å²) in [5, 5.41) is 0. The van der Waals surface area contributed by atoms with E-state index in [2.05, 4.69) is 36.9 Å². The molecule has 0 amide bonds. The van der Waals surface area contributed by atoms with Gasteiger partial charge in [0, 0.05) is 5.56 Å². The van der Waals surface area contributed by atoms with Gasteiger partial charge in [-0.2, -0.15) is 0 Å². The highest BCUT2D eigenvalue weighted by Gasteiger charge is 2.27. The van der Waals surface area contributed by atoms with Gasteiger partial charge >= 0.3 is 0 Å². The van der Waals surface area contributed by atoms with Crippen LogP contribution in [0.4, 0.5) is 0 Å². The third-order valence-corrected chi connectivity index (χ3v) is 4.22. The lowest BCUT2D eigenvalue weighted by Gasteiger charge is -2.18. The molecular formula is C18H16O. The van der Waals surface area contributed by atoms with E-state index in [1.54, 1.807) is 0 Å². The van der Waals surface area contributed by atoms with Crippen molar-refractivity contribution in [3.63, 3.8) is 0 Å². The molecule has 1 unspecified atom stereocenters. The van der Waals surface area contributed by atoms with Gasteiger partial charge in [0.25, 0.3) is 0 Å². The van der Waals surface area contributed by atoms with Gasteiger partial charge in [0.15, 0.2) is 0 Å². The Balaban J connectivity index is 1.74. The predicted molar refractivity (Wildman–Crippen MR) is 75.2 cm³/mol. The zero-order chi connectivity index (χ0) is 12.7. The van der Waals surface area contributed by atoms with Gasteiger partial charge in [0.2, 0.25) is 6.61 Å². The molecule has 1 heteroatoms. The van der Waals surface area contributed by atoms with Crippen molar-refractivity contribution in [1.29, 1.82) is 0 Å². The number of hydrogen-bond acceptors (Lipinski definition) is 1. The molecule has 2 radical (unpaired) electrons. The van der Waals surface area contributed by atoms with Crippen molar-refractivity contribution in [3.8, 4) is 5.75 Å². The Morgan fingerprint density at radius 3 is 2.74 bits per heavy atom. The number of hydrogen-bond donors (Lipinski definition) is 0. The van der Waals surface area contributed by atoms with Crippen LogP contribution in [0.1, 0.15) is 41.0 Å². The maximum absolute atomic E-state index is 5.56. The fourth-order valence-electron chi connectivity index (χ4n) is 3.18. The molecule has 0 aromatic heterocycles. The lowest BCUT2D eigenvalue weighted by Crippen LogP contribution is -2.05. The number of ether oxygens (including phenoxy) is 1. The van der Waals surface area contributed by atoms with E-state index in [0.29, 0.717) is 0 Å². The van der Waals surface area contributed by atoms with E-state index in [1.807, 2.05) is 12.1 Å². The molecule has 94 valence electrons. The average Bonchev–Trinajstić information content (AvgIpc) is 2.91. The monoisotopic (exact) mass is 248 g/mol. The molecule has 0 spiro atoms. The van der Waals surface area contributed by atoms with E-state index < -0.39 is 0 Å². The van der Waals surface area contributed by atoms with Gasteiger partial charge < -0.3 is 4.74 Å². The number of para-hydroxylation sites is 1. The van der Waals surface area contributed by atoms with Gasteiger partial charge in [-0.3, -0.25) is 0 Å². The smallest absolute Gasteiger partial charge is 0.209 e. The van der Waals surface area contributed by atoms with Crippen LogP contribution < -0.4 is 4.74 Å². The lowest BCUT2D eigenvalue weighted by molar-refractivity contribution is 0.424. The zero-order valence-corrected chi connectivity index (χ0v) is 10.9. The van der Waals surface area contributed by atoms with Crippen molar-refractivity contribution in [2.24, 2.45) is 0 Å². The Bertz CT molecular complexity index is 615. The van der Waals surface area contributed by atoms with Crippen LogP contribution in [0.15, 0.2) is 42.5 Å². The molecule has 0 saturated heterocycles. The second-order valence-corrected chi connectivity index (χ2v) is 5.43. The molecule has 0 saturated carbocycles. The Morgan fingerprint density at radius 1 is 0.947 bits per heavy atom. The molecule has 4 rings (SSSR count). The molecule has 19 heavy (non-hydrogen) atoms. The van der Waals surface area contributed by atoms with Crippen LogP contribution in [0, 0.1) is 6.61 Å². The van der Waals surface area contributed by atoms with E-state index in [1.165, 1.54) is 47.9 Å². The predicted octanol–water partition coefficient (Wildman–Crippen LogP) is 4.13. The Labute approximate surface area is 114 Å². The number of benzene rings is 2. The maximum atomic E-state index is 5.56. The van der Waals surface area contributed by atoms with Gasteiger partial charge in [0.05, 0.1) is 5.92 Å². The summed E-state index contributed by atoms with van der Waals surface area (Å²) in [5.74, 6) is 1.12. The van der Waals surface area contributed by atoms with Crippen molar-refractivity contribution >= 4 is 0 Å². The van der Waals surface area contributed by atoms with Crippen LogP contribution in [0.25, 0.3) is 0 Å². The van der Waals surface area contributed by atoms with Gasteiger partial charge in [0.1, 0.15) is 5.75 Å². The van der Waals surface area contributed by atoms with Crippen LogP contribution in [0.5, 0.6) is 5.75 Å². The van der Waals surface area contributed by atoms with Crippen molar-refractivity contribution < 1.29 is 4.74 Å². The Kier molecular flexibility index (Phi) is 2.58. The summed E-state index contributed by atoms with van der Waals surface area (Å²) >= 11 is 0. The summed E-state index contributed by atoms with van der Waals surface area (Å²) in [6, 6.07) is 15.1. The quantitative estimate of drug-likeness (QED) is 0.737. The molecule has 1 atom stereocenters. The largest absolute Gasteiger partial charge is 0.477 e. The first-order valence-electron chi connectivity index (χ1n) is 7.05. The standard InChI is InChI=1S/C18H16O/c1-2-6-14-11-15(10-9-13(14)5-1)17-12-19-18-8-4-3-7-16(17)18/h3-4,7-11,17H,1-2,5-6H2. The third kappa shape index (κ3) is 1.85. The highest BCUT2D eigenvalue weighted by molar-refractivity contribution is 5.49. The van der Waals surface area contributed by atoms with Crippen molar-refractivity contribution in [2.45, 2.75) is 31.6 Å². The highest BCUT2D eigenvalue weighted by Crippen LogP contribution is 2.41. The number of aryl methyl sites for hydroxylation is 2. The van der Waals surface area contributed by atoms with E-state index >= 15 is 0 Å². The first-order chi connectivity index (χ1) is 9.42. The molecule has 2 aromatic carbocycles. The van der Waals surface area contributed by atoms with Crippen LogP contribution in [-0.4, -0.2) is 0 Å². The summed E-state index contributed by atoms with van der Waals surface area (Å²) in [4.78, 5) is 0. The van der Waals surface area contributed by atoms with Crippen LogP contribution >= 0.6 is 0 Å². The normalized spacial score (nSPS) is 20.5. The topological polar surface area (TPSA) is 9.23 Å². The van der Waals surface area contributed by atoms with E-state index in [-0.39, 0.29) is 5.92 Å². The number of rotatable bonds is 1.